The molecule has 0 aliphatic heterocycles. The molecule has 1 fully saturated rings. The minimum Gasteiger partial charge on any atom is -0.448 e. The first kappa shape index (κ1) is 14.4. The summed E-state index contributed by atoms with van der Waals surface area (Å²) in [6, 6.07) is 0. The summed E-state index contributed by atoms with van der Waals surface area (Å²) < 4.78 is 36.6. The van der Waals surface area contributed by atoms with Crippen LogP contribution in [0.15, 0.2) is 10.8 Å². The fourth-order valence-electron chi connectivity index (χ4n) is 2.43. The molecule has 0 spiro atoms. The van der Waals surface area contributed by atoms with Gasteiger partial charge >= 0.3 is 0 Å². The summed E-state index contributed by atoms with van der Waals surface area (Å²) in [5.41, 5.74) is 0.825. The summed E-state index contributed by atoms with van der Waals surface area (Å²) in [4.78, 5) is 4.17. The largest absolute Gasteiger partial charge is 0.448 e. The van der Waals surface area contributed by atoms with Crippen LogP contribution in [0.25, 0.3) is 0 Å². The lowest BCUT2D eigenvalue weighted by Crippen LogP contribution is -2.25. The third kappa shape index (κ3) is 3.98. The van der Waals surface area contributed by atoms with E-state index in [1.54, 1.807) is 7.11 Å². The molecule has 1 heterocycles. The summed E-state index contributed by atoms with van der Waals surface area (Å²) in [6.07, 6.45) is 2.21. The van der Waals surface area contributed by atoms with Crippen LogP contribution in [0.4, 0.5) is 8.78 Å². The lowest BCUT2D eigenvalue weighted by atomic mass is 9.84. The Labute approximate surface area is 111 Å². The summed E-state index contributed by atoms with van der Waals surface area (Å²) in [7, 11) is 1.64. The lowest BCUT2D eigenvalue weighted by molar-refractivity contribution is -0.0396. The van der Waals surface area contributed by atoms with E-state index < -0.39 is 5.92 Å². The van der Waals surface area contributed by atoms with Gasteiger partial charge in [0, 0.05) is 39.0 Å². The molecule has 0 radical (unpaired) electrons. The SMILES string of the molecule is COCCNCc1ncoc1C1CCC(F)(F)CC1. The Morgan fingerprint density at radius 1 is 1.47 bits per heavy atom. The minimum atomic E-state index is -2.51. The van der Waals surface area contributed by atoms with Crippen LogP contribution in [0.2, 0.25) is 0 Å². The second-order valence-corrected chi connectivity index (χ2v) is 4.96. The van der Waals surface area contributed by atoms with E-state index in [0.717, 1.165) is 18.0 Å². The molecule has 108 valence electrons. The number of hydrogen-bond acceptors (Lipinski definition) is 4. The monoisotopic (exact) mass is 274 g/mol. The zero-order valence-electron chi connectivity index (χ0n) is 11.1. The Kier molecular flexibility index (Phi) is 4.87. The molecule has 1 aliphatic carbocycles. The molecule has 4 nitrogen and oxygen atoms in total. The number of hydrogen-bond donors (Lipinski definition) is 1. The van der Waals surface area contributed by atoms with Gasteiger partial charge in [-0.2, -0.15) is 0 Å². The summed E-state index contributed by atoms with van der Waals surface area (Å²) >= 11 is 0. The van der Waals surface area contributed by atoms with E-state index >= 15 is 0 Å². The third-order valence-electron chi connectivity index (χ3n) is 3.54. The molecule has 0 atom stereocenters. The van der Waals surface area contributed by atoms with E-state index in [1.165, 1.54) is 6.39 Å². The predicted octanol–water partition coefficient (Wildman–Crippen LogP) is 2.70. The highest BCUT2D eigenvalue weighted by atomic mass is 19.3. The molecule has 1 aromatic rings. The minimum absolute atomic E-state index is 0.0606. The van der Waals surface area contributed by atoms with Crippen molar-refractivity contribution in [3.63, 3.8) is 0 Å². The first-order valence-electron chi connectivity index (χ1n) is 6.62. The van der Waals surface area contributed by atoms with E-state index in [9.17, 15) is 8.78 Å². The van der Waals surface area contributed by atoms with E-state index in [1.807, 2.05) is 0 Å². The van der Waals surface area contributed by atoms with Crippen molar-refractivity contribution >= 4 is 0 Å². The number of nitrogens with zero attached hydrogens (tertiary/aromatic N) is 1. The Morgan fingerprint density at radius 3 is 2.89 bits per heavy atom. The summed E-state index contributed by atoms with van der Waals surface area (Å²) in [5, 5.41) is 3.19. The van der Waals surface area contributed by atoms with Gasteiger partial charge in [-0.15, -0.1) is 0 Å². The van der Waals surface area contributed by atoms with E-state index in [4.69, 9.17) is 9.15 Å². The number of nitrogens with one attached hydrogen (secondary N) is 1. The topological polar surface area (TPSA) is 47.3 Å². The van der Waals surface area contributed by atoms with Gasteiger partial charge in [0.25, 0.3) is 0 Å². The Hall–Kier alpha value is -1.01. The smallest absolute Gasteiger partial charge is 0.248 e. The Morgan fingerprint density at radius 2 is 2.21 bits per heavy atom. The van der Waals surface area contributed by atoms with Gasteiger partial charge in [-0.1, -0.05) is 0 Å². The third-order valence-corrected chi connectivity index (χ3v) is 3.54. The first-order chi connectivity index (χ1) is 9.12. The highest BCUT2D eigenvalue weighted by Gasteiger charge is 2.37. The number of halogens is 2. The van der Waals surface area contributed by atoms with Gasteiger partial charge in [-0.25, -0.2) is 13.8 Å². The maximum atomic E-state index is 13.1. The van der Waals surface area contributed by atoms with E-state index in [2.05, 4.69) is 10.3 Å². The Balaban J connectivity index is 1.89. The van der Waals surface area contributed by atoms with Crippen molar-refractivity contribution in [2.24, 2.45) is 0 Å². The molecule has 0 aromatic carbocycles. The standard InChI is InChI=1S/C13H20F2N2O2/c1-18-7-6-16-8-11-12(19-9-17-11)10-2-4-13(14,15)5-3-10/h9-10,16H,2-8H2,1H3. The summed E-state index contributed by atoms with van der Waals surface area (Å²) in [5.74, 6) is -1.67. The molecule has 6 heteroatoms. The molecular formula is C13H20F2N2O2. The molecule has 1 N–H and O–H groups in total. The first-order valence-corrected chi connectivity index (χ1v) is 6.62. The highest BCUT2D eigenvalue weighted by Crippen LogP contribution is 2.41. The highest BCUT2D eigenvalue weighted by molar-refractivity contribution is 5.14. The predicted molar refractivity (Wildman–Crippen MR) is 66.2 cm³/mol. The van der Waals surface area contributed by atoms with Gasteiger partial charge in [0.2, 0.25) is 5.92 Å². The summed E-state index contributed by atoms with van der Waals surface area (Å²) in [6.45, 7) is 1.94. The normalized spacial score (nSPS) is 19.7. The molecule has 19 heavy (non-hydrogen) atoms. The van der Waals surface area contributed by atoms with Crippen molar-refractivity contribution in [3.8, 4) is 0 Å². The van der Waals surface area contributed by atoms with Crippen molar-refractivity contribution in [2.45, 2.75) is 44.1 Å². The van der Waals surface area contributed by atoms with Crippen LogP contribution >= 0.6 is 0 Å². The van der Waals surface area contributed by atoms with Crippen LogP contribution in [0.3, 0.4) is 0 Å². The molecule has 0 saturated heterocycles. The van der Waals surface area contributed by atoms with Gasteiger partial charge < -0.3 is 14.5 Å². The number of alkyl halides is 2. The average molecular weight is 274 g/mol. The molecule has 0 bridgehead atoms. The fourth-order valence-corrected chi connectivity index (χ4v) is 2.43. The zero-order chi connectivity index (χ0) is 13.7. The molecule has 0 amide bonds. The number of rotatable bonds is 6. The van der Waals surface area contributed by atoms with Gasteiger partial charge in [-0.05, 0) is 12.8 Å². The molecule has 1 aromatic heterocycles. The lowest BCUT2D eigenvalue weighted by Gasteiger charge is -2.27. The number of ether oxygens (including phenoxy) is 1. The fraction of sp³-hybridized carbons (Fsp3) is 0.769. The van der Waals surface area contributed by atoms with E-state index in [-0.39, 0.29) is 18.8 Å². The van der Waals surface area contributed by atoms with Gasteiger partial charge in [-0.3, -0.25) is 0 Å². The zero-order valence-corrected chi connectivity index (χ0v) is 11.1. The van der Waals surface area contributed by atoms with Gasteiger partial charge in [0.15, 0.2) is 6.39 Å². The van der Waals surface area contributed by atoms with Crippen LogP contribution < -0.4 is 5.32 Å². The number of aromatic nitrogens is 1. The van der Waals surface area contributed by atoms with Crippen LogP contribution in [0.5, 0.6) is 0 Å². The Bertz CT molecular complexity index is 386. The van der Waals surface area contributed by atoms with Crippen molar-refractivity contribution in [2.75, 3.05) is 20.3 Å². The second-order valence-electron chi connectivity index (χ2n) is 4.96. The molecule has 1 aliphatic rings. The number of oxazole rings is 1. The maximum Gasteiger partial charge on any atom is 0.248 e. The quantitative estimate of drug-likeness (QED) is 0.810. The van der Waals surface area contributed by atoms with Crippen molar-refractivity contribution in [1.29, 1.82) is 0 Å². The van der Waals surface area contributed by atoms with E-state index in [0.29, 0.717) is 26.0 Å². The van der Waals surface area contributed by atoms with Crippen molar-refractivity contribution in [1.82, 2.24) is 10.3 Å². The van der Waals surface area contributed by atoms with Crippen LogP contribution in [-0.2, 0) is 11.3 Å². The maximum absolute atomic E-state index is 13.1. The molecule has 2 rings (SSSR count). The average Bonchev–Trinajstić information content (AvgIpc) is 2.83. The van der Waals surface area contributed by atoms with Crippen LogP contribution in [-0.4, -0.2) is 31.2 Å². The molecule has 1 saturated carbocycles. The molecule has 0 unspecified atom stereocenters. The van der Waals surface area contributed by atoms with Gasteiger partial charge in [0.1, 0.15) is 5.76 Å². The number of methoxy groups -OCH3 is 1. The van der Waals surface area contributed by atoms with Crippen molar-refractivity contribution < 1.29 is 17.9 Å². The van der Waals surface area contributed by atoms with Crippen molar-refractivity contribution in [3.05, 3.63) is 17.8 Å². The van der Waals surface area contributed by atoms with Crippen LogP contribution in [0, 0.1) is 0 Å². The second kappa shape index (κ2) is 6.43. The van der Waals surface area contributed by atoms with Crippen LogP contribution in [0.1, 0.15) is 43.1 Å². The molecular weight excluding hydrogens is 254 g/mol. The van der Waals surface area contributed by atoms with Gasteiger partial charge in [0.05, 0.1) is 12.3 Å².